The number of benzene rings is 2. The van der Waals surface area contributed by atoms with E-state index in [0.717, 1.165) is 37.2 Å². The van der Waals surface area contributed by atoms with Gasteiger partial charge in [-0.3, -0.25) is 9.59 Å². The Morgan fingerprint density at radius 2 is 1.78 bits per heavy atom. The van der Waals surface area contributed by atoms with Crippen LogP contribution in [0.25, 0.3) is 6.08 Å². The van der Waals surface area contributed by atoms with Gasteiger partial charge in [0.05, 0.1) is 7.11 Å². The second-order valence-electron chi connectivity index (χ2n) is 6.38. The zero-order chi connectivity index (χ0) is 19.1. The second-order valence-corrected chi connectivity index (χ2v) is 6.38. The summed E-state index contributed by atoms with van der Waals surface area (Å²) >= 11 is 0. The third-order valence-corrected chi connectivity index (χ3v) is 4.48. The van der Waals surface area contributed by atoms with Crippen molar-refractivity contribution >= 4 is 17.8 Å². The molecule has 1 amide bonds. The first-order valence-corrected chi connectivity index (χ1v) is 9.03. The van der Waals surface area contributed by atoms with Crippen molar-refractivity contribution in [3.05, 3.63) is 65.7 Å². The van der Waals surface area contributed by atoms with Crippen molar-refractivity contribution in [2.45, 2.75) is 12.8 Å². The number of hydrogen-bond acceptors (Lipinski definition) is 4. The third-order valence-electron chi connectivity index (χ3n) is 4.48. The van der Waals surface area contributed by atoms with E-state index in [9.17, 15) is 9.59 Å². The molecular weight excluding hydrogens is 342 g/mol. The van der Waals surface area contributed by atoms with E-state index >= 15 is 0 Å². The molecule has 1 saturated heterocycles. The Labute approximate surface area is 159 Å². The summed E-state index contributed by atoms with van der Waals surface area (Å²) in [5.41, 5.74) is 1.45. The molecule has 2 aromatic rings. The molecule has 1 fully saturated rings. The minimum Gasteiger partial charge on any atom is -0.497 e. The number of allylic oxidation sites excluding steroid dienone is 1. The van der Waals surface area contributed by atoms with Crippen molar-refractivity contribution in [3.63, 3.8) is 0 Å². The molecule has 0 bridgehead atoms. The Bertz CT molecular complexity index is 820. The minimum absolute atomic E-state index is 0.00822. The van der Waals surface area contributed by atoms with Crippen LogP contribution in [0.2, 0.25) is 0 Å². The van der Waals surface area contributed by atoms with Crippen LogP contribution in [0.5, 0.6) is 11.5 Å². The Kier molecular flexibility index (Phi) is 6.26. The summed E-state index contributed by atoms with van der Waals surface area (Å²) in [6, 6.07) is 14.3. The molecule has 1 aliphatic heterocycles. The lowest BCUT2D eigenvalue weighted by Gasteiger charge is -2.15. The fraction of sp³-hybridized carbons (Fsp3) is 0.273. The van der Waals surface area contributed by atoms with Gasteiger partial charge in [0.15, 0.2) is 12.4 Å². The molecule has 0 aromatic heterocycles. The molecule has 0 spiro atoms. The maximum absolute atomic E-state index is 12.3. The summed E-state index contributed by atoms with van der Waals surface area (Å²) in [6.07, 6.45) is 5.41. The fourth-order valence-electron chi connectivity index (χ4n) is 2.93. The highest BCUT2D eigenvalue weighted by atomic mass is 16.5. The van der Waals surface area contributed by atoms with E-state index in [1.807, 2.05) is 29.2 Å². The van der Waals surface area contributed by atoms with Gasteiger partial charge in [-0.1, -0.05) is 18.2 Å². The van der Waals surface area contributed by atoms with Gasteiger partial charge in [0.25, 0.3) is 5.91 Å². The number of nitrogens with zero attached hydrogens (tertiary/aromatic N) is 1. The number of rotatable bonds is 7. The van der Waals surface area contributed by atoms with E-state index in [4.69, 9.17) is 9.47 Å². The molecule has 5 nitrogen and oxygen atoms in total. The Hall–Kier alpha value is -3.08. The lowest BCUT2D eigenvalue weighted by molar-refractivity contribution is -0.132. The van der Waals surface area contributed by atoms with Gasteiger partial charge in [-0.15, -0.1) is 0 Å². The standard InChI is InChI=1S/C22H23NO4/c1-26-20-6-4-5-17(15-20)7-12-21(24)18-8-10-19(11-9-18)27-16-22(25)23-13-2-3-14-23/h4-12,15H,2-3,13-14,16H2,1H3/b12-7+. The maximum Gasteiger partial charge on any atom is 0.260 e. The zero-order valence-corrected chi connectivity index (χ0v) is 15.4. The Balaban J connectivity index is 1.55. The number of likely N-dealkylation sites (tertiary alicyclic amines) is 1. The van der Waals surface area contributed by atoms with Crippen molar-refractivity contribution in [2.75, 3.05) is 26.8 Å². The number of ether oxygens (including phenoxy) is 2. The van der Waals surface area contributed by atoms with E-state index < -0.39 is 0 Å². The average Bonchev–Trinajstić information content (AvgIpc) is 3.26. The molecule has 0 radical (unpaired) electrons. The molecule has 1 aliphatic rings. The van der Waals surface area contributed by atoms with Crippen LogP contribution < -0.4 is 9.47 Å². The molecule has 2 aromatic carbocycles. The molecule has 140 valence electrons. The quantitative estimate of drug-likeness (QED) is 0.556. The van der Waals surface area contributed by atoms with Gasteiger partial charge in [-0.25, -0.2) is 0 Å². The predicted octanol–water partition coefficient (Wildman–Crippen LogP) is 3.59. The van der Waals surface area contributed by atoms with Crippen molar-refractivity contribution in [1.82, 2.24) is 4.90 Å². The van der Waals surface area contributed by atoms with Gasteiger partial charge in [-0.2, -0.15) is 0 Å². The van der Waals surface area contributed by atoms with Crippen LogP contribution in [-0.2, 0) is 4.79 Å². The average molecular weight is 365 g/mol. The van der Waals surface area contributed by atoms with Crippen molar-refractivity contribution in [1.29, 1.82) is 0 Å². The van der Waals surface area contributed by atoms with Crippen LogP contribution in [0.15, 0.2) is 54.6 Å². The lowest BCUT2D eigenvalue weighted by Crippen LogP contribution is -2.32. The van der Waals surface area contributed by atoms with Crippen molar-refractivity contribution in [3.8, 4) is 11.5 Å². The van der Waals surface area contributed by atoms with Crippen molar-refractivity contribution < 1.29 is 19.1 Å². The highest BCUT2D eigenvalue weighted by Gasteiger charge is 2.18. The van der Waals surface area contributed by atoms with Crippen LogP contribution in [0.4, 0.5) is 0 Å². The maximum atomic E-state index is 12.3. The molecule has 1 heterocycles. The first-order chi connectivity index (χ1) is 13.2. The van der Waals surface area contributed by atoms with E-state index in [0.29, 0.717) is 11.3 Å². The Morgan fingerprint density at radius 3 is 2.48 bits per heavy atom. The number of carbonyl (C=O) groups excluding carboxylic acids is 2. The largest absolute Gasteiger partial charge is 0.497 e. The highest BCUT2D eigenvalue weighted by molar-refractivity contribution is 6.06. The minimum atomic E-state index is -0.0995. The summed E-state index contributed by atoms with van der Waals surface area (Å²) in [7, 11) is 1.61. The molecule has 0 aliphatic carbocycles. The Morgan fingerprint density at radius 1 is 1.04 bits per heavy atom. The SMILES string of the molecule is COc1cccc(/C=C/C(=O)c2ccc(OCC(=O)N3CCCC3)cc2)c1. The molecule has 0 saturated carbocycles. The van der Waals surface area contributed by atoms with Crippen LogP contribution >= 0.6 is 0 Å². The summed E-state index contributed by atoms with van der Waals surface area (Å²) in [5, 5.41) is 0. The molecule has 0 unspecified atom stereocenters. The van der Waals surface area contributed by atoms with Gasteiger partial charge >= 0.3 is 0 Å². The normalized spacial score (nSPS) is 13.7. The van der Waals surface area contributed by atoms with Crippen LogP contribution in [0.1, 0.15) is 28.8 Å². The fourth-order valence-corrected chi connectivity index (χ4v) is 2.93. The van der Waals surface area contributed by atoms with E-state index in [1.165, 1.54) is 6.08 Å². The summed E-state index contributed by atoms with van der Waals surface area (Å²) in [6.45, 7) is 1.66. The van der Waals surface area contributed by atoms with Crippen molar-refractivity contribution in [2.24, 2.45) is 0 Å². The first kappa shape index (κ1) is 18.7. The summed E-state index contributed by atoms with van der Waals surface area (Å²) in [5.74, 6) is 1.23. The number of carbonyl (C=O) groups is 2. The highest BCUT2D eigenvalue weighted by Crippen LogP contribution is 2.16. The second kappa shape index (κ2) is 9.03. The van der Waals surface area contributed by atoms with E-state index in [1.54, 1.807) is 37.5 Å². The monoisotopic (exact) mass is 365 g/mol. The molecule has 27 heavy (non-hydrogen) atoms. The number of ketones is 1. The van der Waals surface area contributed by atoms with Crippen LogP contribution in [0, 0.1) is 0 Å². The van der Waals surface area contributed by atoms with Gasteiger partial charge in [-0.05, 0) is 60.9 Å². The number of methoxy groups -OCH3 is 1. The topological polar surface area (TPSA) is 55.8 Å². The molecule has 3 rings (SSSR count). The number of amides is 1. The molecule has 5 heteroatoms. The first-order valence-electron chi connectivity index (χ1n) is 9.03. The summed E-state index contributed by atoms with van der Waals surface area (Å²) in [4.78, 5) is 26.1. The van der Waals surface area contributed by atoms with Gasteiger partial charge in [0.2, 0.25) is 0 Å². The van der Waals surface area contributed by atoms with Gasteiger partial charge in [0.1, 0.15) is 11.5 Å². The van der Waals surface area contributed by atoms with Crippen LogP contribution in [0.3, 0.4) is 0 Å². The number of hydrogen-bond donors (Lipinski definition) is 0. The summed E-state index contributed by atoms with van der Waals surface area (Å²) < 4.78 is 10.7. The lowest BCUT2D eigenvalue weighted by atomic mass is 10.1. The third kappa shape index (κ3) is 5.20. The van der Waals surface area contributed by atoms with Crippen LogP contribution in [-0.4, -0.2) is 43.4 Å². The smallest absolute Gasteiger partial charge is 0.260 e. The van der Waals surface area contributed by atoms with E-state index in [-0.39, 0.29) is 18.3 Å². The van der Waals surface area contributed by atoms with Gasteiger partial charge in [0, 0.05) is 18.7 Å². The molecule has 0 atom stereocenters. The molecule has 0 N–H and O–H groups in total. The predicted molar refractivity (Wildman–Crippen MR) is 104 cm³/mol. The molecular formula is C22H23NO4. The zero-order valence-electron chi connectivity index (χ0n) is 15.4. The van der Waals surface area contributed by atoms with E-state index in [2.05, 4.69) is 0 Å². The van der Waals surface area contributed by atoms with Gasteiger partial charge < -0.3 is 14.4 Å².